The summed E-state index contributed by atoms with van der Waals surface area (Å²) in [6, 6.07) is 7.68. The molecule has 5 nitrogen and oxygen atoms in total. The van der Waals surface area contributed by atoms with Gasteiger partial charge in [-0.1, -0.05) is 19.9 Å². The fourth-order valence-electron chi connectivity index (χ4n) is 3.82. The smallest absolute Gasteiger partial charge is 0.227 e. The second-order valence-corrected chi connectivity index (χ2v) is 7.80. The predicted molar refractivity (Wildman–Crippen MR) is 102 cm³/mol. The van der Waals surface area contributed by atoms with Gasteiger partial charge in [-0.15, -0.1) is 0 Å². The van der Waals surface area contributed by atoms with Crippen LogP contribution in [0.3, 0.4) is 0 Å². The van der Waals surface area contributed by atoms with Crippen molar-refractivity contribution in [2.45, 2.75) is 58.5 Å². The molecule has 2 aliphatic rings. The molecule has 2 amide bonds. The molecular formula is C21H30N2O3. The van der Waals surface area contributed by atoms with E-state index in [1.807, 2.05) is 43.0 Å². The highest BCUT2D eigenvalue weighted by molar-refractivity contribution is 5.93. The zero-order chi connectivity index (χ0) is 18.5. The van der Waals surface area contributed by atoms with Gasteiger partial charge in [0.05, 0.1) is 6.10 Å². The molecule has 1 saturated carbocycles. The third kappa shape index (κ3) is 4.77. The Morgan fingerprint density at radius 1 is 1.12 bits per heavy atom. The summed E-state index contributed by atoms with van der Waals surface area (Å²) in [6.07, 6.45) is 6.46. The molecule has 0 bridgehead atoms. The number of anilines is 1. The summed E-state index contributed by atoms with van der Waals surface area (Å²) in [5.41, 5.74) is 0.784. The maximum Gasteiger partial charge on any atom is 0.227 e. The zero-order valence-electron chi connectivity index (χ0n) is 15.9. The Kier molecular flexibility index (Phi) is 6.17. The quantitative estimate of drug-likeness (QED) is 0.870. The fourth-order valence-corrected chi connectivity index (χ4v) is 3.82. The van der Waals surface area contributed by atoms with E-state index in [9.17, 15) is 9.59 Å². The van der Waals surface area contributed by atoms with E-state index in [1.165, 1.54) is 12.8 Å². The molecule has 0 atom stereocenters. The third-order valence-electron chi connectivity index (χ3n) is 5.38. The number of hydrogen-bond donors (Lipinski definition) is 1. The summed E-state index contributed by atoms with van der Waals surface area (Å²) in [7, 11) is 0. The Morgan fingerprint density at radius 2 is 1.81 bits per heavy atom. The number of hydrogen-bond acceptors (Lipinski definition) is 3. The van der Waals surface area contributed by atoms with E-state index in [4.69, 9.17) is 4.74 Å². The second-order valence-electron chi connectivity index (χ2n) is 7.80. The topological polar surface area (TPSA) is 58.6 Å². The molecule has 142 valence electrons. The number of carbonyl (C=O) groups is 2. The summed E-state index contributed by atoms with van der Waals surface area (Å²) in [5, 5.41) is 3.02. The number of ether oxygens (including phenoxy) is 1. The largest absolute Gasteiger partial charge is 0.490 e. The molecule has 3 rings (SSSR count). The number of amides is 2. The first kappa shape index (κ1) is 18.7. The third-order valence-corrected chi connectivity index (χ3v) is 5.38. The van der Waals surface area contributed by atoms with E-state index in [-0.39, 0.29) is 23.7 Å². The van der Waals surface area contributed by atoms with Crippen molar-refractivity contribution < 1.29 is 14.3 Å². The van der Waals surface area contributed by atoms with Gasteiger partial charge in [0.2, 0.25) is 11.8 Å². The van der Waals surface area contributed by atoms with Crippen LogP contribution in [0.15, 0.2) is 24.3 Å². The van der Waals surface area contributed by atoms with Crippen molar-refractivity contribution >= 4 is 17.5 Å². The van der Waals surface area contributed by atoms with Gasteiger partial charge in [0.25, 0.3) is 0 Å². The summed E-state index contributed by atoms with van der Waals surface area (Å²) >= 11 is 0. The van der Waals surface area contributed by atoms with Crippen LogP contribution in [0.1, 0.15) is 52.4 Å². The molecule has 1 aliphatic carbocycles. The molecule has 0 radical (unpaired) electrons. The van der Waals surface area contributed by atoms with Crippen LogP contribution in [-0.2, 0) is 9.59 Å². The first-order chi connectivity index (χ1) is 12.5. The van der Waals surface area contributed by atoms with Crippen molar-refractivity contribution in [3.8, 4) is 5.75 Å². The van der Waals surface area contributed by atoms with Crippen LogP contribution in [0.2, 0.25) is 0 Å². The number of carbonyl (C=O) groups excluding carboxylic acids is 2. The minimum absolute atomic E-state index is 0.0167. The molecule has 1 N–H and O–H groups in total. The molecule has 1 aliphatic heterocycles. The van der Waals surface area contributed by atoms with Crippen LogP contribution in [-0.4, -0.2) is 35.9 Å². The summed E-state index contributed by atoms with van der Waals surface area (Å²) in [5.74, 6) is 1.03. The van der Waals surface area contributed by atoms with E-state index in [0.717, 1.165) is 37.1 Å². The van der Waals surface area contributed by atoms with Crippen molar-refractivity contribution in [3.05, 3.63) is 24.3 Å². The van der Waals surface area contributed by atoms with E-state index in [0.29, 0.717) is 19.2 Å². The summed E-state index contributed by atoms with van der Waals surface area (Å²) in [4.78, 5) is 26.5. The van der Waals surface area contributed by atoms with Crippen LogP contribution in [0, 0.1) is 11.8 Å². The average Bonchev–Trinajstić information content (AvgIpc) is 3.14. The van der Waals surface area contributed by atoms with E-state index in [2.05, 4.69) is 5.32 Å². The van der Waals surface area contributed by atoms with Crippen molar-refractivity contribution in [1.82, 2.24) is 4.90 Å². The highest BCUT2D eigenvalue weighted by Crippen LogP contribution is 2.26. The van der Waals surface area contributed by atoms with Crippen LogP contribution >= 0.6 is 0 Å². The van der Waals surface area contributed by atoms with E-state index < -0.39 is 0 Å². The Balaban J connectivity index is 1.51. The minimum Gasteiger partial charge on any atom is -0.490 e. The van der Waals surface area contributed by atoms with Crippen LogP contribution in [0.4, 0.5) is 5.69 Å². The Labute approximate surface area is 156 Å². The van der Waals surface area contributed by atoms with Gasteiger partial charge in [0.15, 0.2) is 0 Å². The van der Waals surface area contributed by atoms with Crippen molar-refractivity contribution in [2.75, 3.05) is 18.4 Å². The molecule has 1 aromatic carbocycles. The van der Waals surface area contributed by atoms with Gasteiger partial charge in [-0.2, -0.15) is 0 Å². The lowest BCUT2D eigenvalue weighted by Crippen LogP contribution is -2.43. The number of nitrogens with zero attached hydrogens (tertiary/aromatic N) is 1. The average molecular weight is 358 g/mol. The predicted octanol–water partition coefficient (Wildman–Crippen LogP) is 3.84. The second kappa shape index (κ2) is 8.56. The summed E-state index contributed by atoms with van der Waals surface area (Å²) < 4.78 is 6.01. The normalized spacial score (nSPS) is 19.0. The Morgan fingerprint density at radius 3 is 2.46 bits per heavy atom. The van der Waals surface area contributed by atoms with Gasteiger partial charge in [-0.05, 0) is 50.7 Å². The van der Waals surface area contributed by atoms with Crippen LogP contribution < -0.4 is 10.1 Å². The first-order valence-electron chi connectivity index (χ1n) is 9.89. The van der Waals surface area contributed by atoms with Crippen molar-refractivity contribution in [1.29, 1.82) is 0 Å². The number of rotatable bonds is 5. The minimum atomic E-state index is -0.0365. The highest BCUT2D eigenvalue weighted by Gasteiger charge is 2.28. The molecule has 1 heterocycles. The maximum absolute atomic E-state index is 12.6. The monoisotopic (exact) mass is 358 g/mol. The molecule has 0 aromatic heterocycles. The molecule has 2 fully saturated rings. The van der Waals surface area contributed by atoms with E-state index >= 15 is 0 Å². The van der Waals surface area contributed by atoms with Gasteiger partial charge in [0, 0.05) is 36.7 Å². The van der Waals surface area contributed by atoms with Crippen molar-refractivity contribution in [3.63, 3.8) is 0 Å². The van der Waals surface area contributed by atoms with E-state index in [1.54, 1.807) is 0 Å². The van der Waals surface area contributed by atoms with Crippen LogP contribution in [0.25, 0.3) is 0 Å². The van der Waals surface area contributed by atoms with Gasteiger partial charge >= 0.3 is 0 Å². The molecule has 0 unspecified atom stereocenters. The zero-order valence-corrected chi connectivity index (χ0v) is 15.9. The highest BCUT2D eigenvalue weighted by atomic mass is 16.5. The fraction of sp³-hybridized carbons (Fsp3) is 0.619. The SMILES string of the molecule is CC(C)C(=O)N1CCC(C(=O)Nc2cccc(OC3CCCC3)c2)CC1. The lowest BCUT2D eigenvalue weighted by molar-refractivity contribution is -0.137. The van der Waals surface area contributed by atoms with Gasteiger partial charge < -0.3 is 15.0 Å². The summed E-state index contributed by atoms with van der Waals surface area (Å²) in [6.45, 7) is 5.17. The number of piperidine rings is 1. The number of likely N-dealkylation sites (tertiary alicyclic amines) is 1. The molecule has 26 heavy (non-hydrogen) atoms. The Hall–Kier alpha value is -2.04. The number of nitrogens with one attached hydrogen (secondary N) is 1. The number of benzene rings is 1. The molecular weight excluding hydrogens is 328 g/mol. The van der Waals surface area contributed by atoms with Gasteiger partial charge in [-0.3, -0.25) is 9.59 Å². The first-order valence-corrected chi connectivity index (χ1v) is 9.89. The van der Waals surface area contributed by atoms with Crippen molar-refractivity contribution in [2.24, 2.45) is 11.8 Å². The standard InChI is InChI=1S/C21H30N2O3/c1-15(2)21(25)23-12-10-16(11-13-23)20(24)22-17-6-5-9-19(14-17)26-18-7-3-4-8-18/h5-6,9,14-16,18H,3-4,7-8,10-13H2,1-2H3,(H,22,24). The lowest BCUT2D eigenvalue weighted by Gasteiger charge is -2.32. The van der Waals surface area contributed by atoms with Gasteiger partial charge in [-0.25, -0.2) is 0 Å². The lowest BCUT2D eigenvalue weighted by atomic mass is 9.95. The molecule has 1 saturated heterocycles. The Bertz CT molecular complexity index is 630. The van der Waals surface area contributed by atoms with Gasteiger partial charge in [0.1, 0.15) is 5.75 Å². The molecule has 5 heteroatoms. The van der Waals surface area contributed by atoms with Crippen LogP contribution in [0.5, 0.6) is 5.75 Å². The molecule has 0 spiro atoms. The molecule has 1 aromatic rings. The maximum atomic E-state index is 12.6.